The Morgan fingerprint density at radius 3 is 0.370 bits per heavy atom. The maximum atomic E-state index is 14.0. The molecule has 16 aliphatic rings. The quantitative estimate of drug-likeness (QED) is 0.101. The maximum Gasteiger partial charge on any atom is 0.338 e. The van der Waals surface area contributed by atoms with Crippen LogP contribution in [0.5, 0.6) is 0 Å². The number of carbonyl (C=O) groups is 6. The minimum absolute atomic E-state index is 0.130. The van der Waals surface area contributed by atoms with E-state index in [1.807, 2.05) is 83.1 Å². The molecule has 12 bridgehead atoms. The van der Waals surface area contributed by atoms with Crippen molar-refractivity contribution in [3.05, 3.63) is 212 Å². The minimum atomic E-state index is -1.56. The number of hydrogen-bond acceptors (Lipinski definition) is 24. The van der Waals surface area contributed by atoms with Crippen molar-refractivity contribution in [1.82, 2.24) is 0 Å². The summed E-state index contributed by atoms with van der Waals surface area (Å²) in [4.78, 5) is 83.9. The van der Waals surface area contributed by atoms with Crippen LogP contribution in [0.1, 0.15) is 179 Å². The molecule has 0 radical (unpaired) electrons. The molecule has 6 fully saturated rings. The van der Waals surface area contributed by atoms with Crippen molar-refractivity contribution in [3.8, 4) is 0 Å². The second-order valence-corrected chi connectivity index (χ2v) is 33.9. The summed E-state index contributed by atoms with van der Waals surface area (Å²) >= 11 is 0. The molecule has 6 spiro atoms. The largest absolute Gasteiger partial charge is 0.456 e. The van der Waals surface area contributed by atoms with E-state index >= 15 is 0 Å². The van der Waals surface area contributed by atoms with Gasteiger partial charge in [0, 0.05) is 65.9 Å². The summed E-state index contributed by atoms with van der Waals surface area (Å²) in [6.45, 7) is 24.7. The van der Waals surface area contributed by atoms with E-state index in [4.69, 9.17) is 85.3 Å². The number of ether oxygens (including phenoxy) is 18. The molecule has 108 heavy (non-hydrogen) atoms. The monoisotopic (exact) mass is 1490 g/mol. The molecule has 6 saturated heterocycles. The smallest absolute Gasteiger partial charge is 0.338 e. The topological polar surface area (TPSA) is 269 Å². The average Bonchev–Trinajstić information content (AvgIpc) is 0.772. The van der Waals surface area contributed by atoms with E-state index in [1.165, 1.54) is 72.8 Å². The molecule has 0 amide bonds. The summed E-state index contributed by atoms with van der Waals surface area (Å²) in [6.07, 6.45) is 0. The number of hydrogen-bond donors (Lipinski definition) is 0. The molecule has 0 saturated carbocycles. The summed E-state index contributed by atoms with van der Waals surface area (Å²) in [5, 5.41) is 0. The first-order valence-electron chi connectivity index (χ1n) is 36.4. The van der Waals surface area contributed by atoms with E-state index in [2.05, 4.69) is 0 Å². The molecule has 0 aromatic heterocycles. The van der Waals surface area contributed by atoms with Gasteiger partial charge in [0.15, 0.2) is 39.6 Å². The third-order valence-electron chi connectivity index (χ3n) is 20.1. The number of carbonyl (C=O) groups excluding carboxylic acids is 6. The molecule has 6 aromatic carbocycles. The van der Waals surface area contributed by atoms with E-state index in [9.17, 15) is 28.8 Å². The summed E-state index contributed by atoms with van der Waals surface area (Å²) < 4.78 is 114. The molecule has 24 heteroatoms. The number of esters is 6. The number of rotatable bonds is 0. The molecular formula is C84H96O24. The van der Waals surface area contributed by atoms with Crippen molar-refractivity contribution >= 4 is 35.8 Å². The zero-order valence-electron chi connectivity index (χ0n) is 63.4. The summed E-state index contributed by atoms with van der Waals surface area (Å²) in [7, 11) is 0. The molecule has 24 nitrogen and oxygen atoms in total. The van der Waals surface area contributed by atoms with Crippen LogP contribution in [0, 0.1) is 32.5 Å². The Hall–Kier alpha value is -8.34. The Morgan fingerprint density at radius 1 is 0.167 bits per heavy atom. The molecule has 576 valence electrons. The van der Waals surface area contributed by atoms with Gasteiger partial charge in [0.05, 0.1) is 113 Å². The highest BCUT2D eigenvalue weighted by molar-refractivity contribution is 5.95. The van der Waals surface area contributed by atoms with Gasteiger partial charge in [-0.3, -0.25) is 0 Å². The van der Waals surface area contributed by atoms with Gasteiger partial charge in [0.25, 0.3) is 0 Å². The Balaban J connectivity index is 0.789. The molecule has 16 aliphatic heterocycles. The first kappa shape index (κ1) is 77.8. The van der Waals surface area contributed by atoms with Gasteiger partial charge >= 0.3 is 35.8 Å². The normalized spacial score (nSPS) is 24.4. The molecule has 0 N–H and O–H groups in total. The van der Waals surface area contributed by atoms with E-state index in [-0.39, 0.29) is 185 Å². The average molecular weight is 1490 g/mol. The maximum absolute atomic E-state index is 14.0. The van der Waals surface area contributed by atoms with Crippen molar-refractivity contribution < 1.29 is 114 Å². The minimum Gasteiger partial charge on any atom is -0.456 e. The van der Waals surface area contributed by atoms with Crippen LogP contribution in [0.3, 0.4) is 0 Å². The zero-order chi connectivity index (χ0) is 76.8. The first-order chi connectivity index (χ1) is 51.1. The Bertz CT molecular complexity index is 3500. The fourth-order valence-electron chi connectivity index (χ4n) is 12.9. The van der Waals surface area contributed by atoms with Crippen molar-refractivity contribution in [2.45, 2.75) is 118 Å². The zero-order valence-corrected chi connectivity index (χ0v) is 63.4. The van der Waals surface area contributed by atoms with Gasteiger partial charge < -0.3 is 85.3 Å². The van der Waals surface area contributed by atoms with Crippen LogP contribution >= 0.6 is 0 Å². The summed E-state index contributed by atoms with van der Waals surface area (Å²) in [6, 6.07) is 38.5. The predicted molar refractivity (Wildman–Crippen MR) is 385 cm³/mol. The van der Waals surface area contributed by atoms with Crippen LogP contribution < -0.4 is 0 Å². The molecule has 22 rings (SSSR count). The highest BCUT2D eigenvalue weighted by Gasteiger charge is 2.51. The fraction of sp³-hybridized carbons (Fsp3) is 0.500. The highest BCUT2D eigenvalue weighted by Crippen LogP contribution is 2.46. The lowest BCUT2D eigenvalue weighted by Gasteiger charge is -2.44. The molecule has 0 atom stereocenters. The standard InChI is InChI=1S/C84H96O24/c1-73(2)37-97-79(98-38-73)49-91-67(85)55-13-15-56(16-14-55)68(86)93-51-81(101-41-75(5,6)42-102-81)63-29-31-64(32-30-63)83(105-45-77(9,10)46-106-83)53-95-71(89)59-21-23-60(24-22-59)72(90)96-54-84(107-47-78(11,12)48-108-84)66-35-33-65(34-36-66)82(103-43-76(7,8)44-104-82)52-94-70(88)58-19-17-57(18-20-58)69(87)92-50-80(62-27-25-61(79)26-28-62)99-39-74(3,4)40-100-80/h13-36H,37-54H2,1-12H3. The van der Waals surface area contributed by atoms with Crippen LogP contribution in [0.4, 0.5) is 0 Å². The SMILES string of the molecule is CC1(C)COC2(COC(=O)c3ccc(cc3)C(=O)OCC3(OCC(C)(C)CO3)c3ccc(cc3)C3(COC(=O)c4ccc(cc4)C(=O)OCC4(OCC(C)(C)CO4)c4ccc(cc4)C4(COC(=O)c5ccc(cc5)C(=O)OCC5(OCC(C)(C)CO5)c5ccc2cc5)OCC(C)(C)CO4)OCC(C)(C)CO3)OC1. The highest BCUT2D eigenvalue weighted by atomic mass is 16.8. The lowest BCUT2D eigenvalue weighted by atomic mass is 9.92. The van der Waals surface area contributed by atoms with Crippen molar-refractivity contribution in [1.29, 1.82) is 0 Å². The third kappa shape index (κ3) is 17.0. The van der Waals surface area contributed by atoms with Crippen molar-refractivity contribution in [2.75, 3.05) is 119 Å². The van der Waals surface area contributed by atoms with E-state index in [1.54, 1.807) is 72.8 Å². The van der Waals surface area contributed by atoms with E-state index in [0.717, 1.165) is 0 Å². The second kappa shape index (κ2) is 29.8. The van der Waals surface area contributed by atoms with Gasteiger partial charge in [-0.1, -0.05) is 156 Å². The van der Waals surface area contributed by atoms with Crippen LogP contribution in [0.25, 0.3) is 0 Å². The fourth-order valence-corrected chi connectivity index (χ4v) is 12.9. The lowest BCUT2D eigenvalue weighted by molar-refractivity contribution is -0.321. The molecule has 0 aliphatic carbocycles. The van der Waals surface area contributed by atoms with Crippen molar-refractivity contribution in [2.24, 2.45) is 32.5 Å². The molecule has 0 unspecified atom stereocenters. The van der Waals surface area contributed by atoms with E-state index in [0.29, 0.717) is 33.4 Å². The van der Waals surface area contributed by atoms with Gasteiger partial charge in [0.2, 0.25) is 34.7 Å². The first-order valence-corrected chi connectivity index (χ1v) is 36.4. The summed E-state index contributed by atoms with van der Waals surface area (Å²) in [5.74, 6) is -13.7. The lowest BCUT2D eigenvalue weighted by Crippen LogP contribution is -2.49. The number of benzene rings is 6. The Kier molecular flexibility index (Phi) is 21.5. The molecule has 6 aromatic rings. The van der Waals surface area contributed by atoms with Gasteiger partial charge in [-0.25, -0.2) is 28.8 Å². The van der Waals surface area contributed by atoms with Gasteiger partial charge in [-0.2, -0.15) is 0 Å². The third-order valence-corrected chi connectivity index (χ3v) is 20.1. The van der Waals surface area contributed by atoms with Crippen LogP contribution in [0.2, 0.25) is 0 Å². The van der Waals surface area contributed by atoms with Crippen molar-refractivity contribution in [3.63, 3.8) is 0 Å². The second-order valence-electron chi connectivity index (χ2n) is 33.9. The van der Waals surface area contributed by atoms with Gasteiger partial charge in [-0.15, -0.1) is 0 Å². The van der Waals surface area contributed by atoms with Crippen LogP contribution in [0.15, 0.2) is 146 Å². The van der Waals surface area contributed by atoms with Crippen LogP contribution in [-0.4, -0.2) is 155 Å². The van der Waals surface area contributed by atoms with Gasteiger partial charge in [0.1, 0.15) is 0 Å². The molecule has 16 heterocycles. The van der Waals surface area contributed by atoms with Gasteiger partial charge in [-0.05, 0) is 72.8 Å². The summed E-state index contributed by atoms with van der Waals surface area (Å²) in [5.41, 5.74) is 1.52. The Morgan fingerprint density at radius 2 is 0.269 bits per heavy atom. The van der Waals surface area contributed by atoms with E-state index < -0.39 is 70.5 Å². The Labute approximate surface area is 628 Å². The molecular weight excluding hydrogens is 1390 g/mol. The van der Waals surface area contributed by atoms with Crippen LogP contribution in [-0.2, 0) is 120 Å². The predicted octanol–water partition coefficient (Wildman–Crippen LogP) is 12.5.